The van der Waals surface area contributed by atoms with Gasteiger partial charge in [0.1, 0.15) is 6.54 Å². The first-order valence-corrected chi connectivity index (χ1v) is 6.23. The Morgan fingerprint density at radius 1 is 1.32 bits per heavy atom. The molecular formula is C12H16N4O3. The van der Waals surface area contributed by atoms with Crippen LogP contribution in [0.2, 0.25) is 0 Å². The van der Waals surface area contributed by atoms with Crippen LogP contribution in [-0.4, -0.2) is 45.9 Å². The van der Waals surface area contributed by atoms with Crippen LogP contribution >= 0.6 is 0 Å². The van der Waals surface area contributed by atoms with Crippen molar-refractivity contribution >= 4 is 11.8 Å². The van der Waals surface area contributed by atoms with Crippen LogP contribution in [0.3, 0.4) is 0 Å². The Balaban J connectivity index is 1.80. The molecule has 2 amide bonds. The third-order valence-electron chi connectivity index (χ3n) is 2.99. The van der Waals surface area contributed by atoms with Gasteiger partial charge in [-0.15, -0.1) is 0 Å². The maximum atomic E-state index is 11.7. The average molecular weight is 264 g/mol. The molecule has 0 unspecified atom stereocenters. The zero-order chi connectivity index (χ0) is 13.7. The summed E-state index contributed by atoms with van der Waals surface area (Å²) in [6.45, 7) is 1.38. The van der Waals surface area contributed by atoms with E-state index in [-0.39, 0.29) is 24.9 Å². The van der Waals surface area contributed by atoms with Crippen LogP contribution in [0.15, 0.2) is 23.3 Å². The van der Waals surface area contributed by atoms with Crippen molar-refractivity contribution in [2.45, 2.75) is 19.4 Å². The Hall–Kier alpha value is -2.18. The van der Waals surface area contributed by atoms with Gasteiger partial charge < -0.3 is 10.2 Å². The van der Waals surface area contributed by atoms with E-state index in [0.29, 0.717) is 0 Å². The van der Waals surface area contributed by atoms with Crippen molar-refractivity contribution in [2.75, 3.05) is 19.6 Å². The first kappa shape index (κ1) is 13.3. The van der Waals surface area contributed by atoms with E-state index in [2.05, 4.69) is 10.3 Å². The Kier molecular flexibility index (Phi) is 4.27. The number of carbonyl (C=O) groups excluding carboxylic acids is 2. The number of rotatable bonds is 4. The molecule has 1 aliphatic heterocycles. The van der Waals surface area contributed by atoms with Crippen LogP contribution in [0, 0.1) is 0 Å². The second-order valence-corrected chi connectivity index (χ2v) is 4.39. The van der Waals surface area contributed by atoms with Crippen molar-refractivity contribution in [1.82, 2.24) is 19.8 Å². The van der Waals surface area contributed by atoms with E-state index < -0.39 is 5.69 Å². The Bertz CT molecular complexity index is 520. The van der Waals surface area contributed by atoms with Crippen molar-refractivity contribution in [1.29, 1.82) is 0 Å². The smallest absolute Gasteiger partial charge is 0.345 e. The van der Waals surface area contributed by atoms with E-state index in [9.17, 15) is 14.4 Å². The third-order valence-corrected chi connectivity index (χ3v) is 2.99. The quantitative estimate of drug-likeness (QED) is 0.754. The number of hydrogen-bond donors (Lipinski definition) is 1. The predicted molar refractivity (Wildman–Crippen MR) is 67.3 cm³/mol. The highest BCUT2D eigenvalue weighted by Gasteiger charge is 2.18. The lowest BCUT2D eigenvalue weighted by Gasteiger charge is -2.15. The van der Waals surface area contributed by atoms with Gasteiger partial charge in [0.05, 0.1) is 6.54 Å². The number of carbonyl (C=O) groups is 2. The summed E-state index contributed by atoms with van der Waals surface area (Å²) in [6, 6.07) is 1.57. The summed E-state index contributed by atoms with van der Waals surface area (Å²) in [6.07, 6.45) is 4.89. The molecule has 0 spiro atoms. The molecule has 0 aromatic carbocycles. The molecule has 0 atom stereocenters. The molecule has 0 aliphatic carbocycles. The van der Waals surface area contributed by atoms with E-state index in [1.807, 2.05) is 0 Å². The molecule has 0 bridgehead atoms. The van der Waals surface area contributed by atoms with Crippen LogP contribution in [0.5, 0.6) is 0 Å². The minimum atomic E-state index is -0.483. The maximum absolute atomic E-state index is 11.7. The first-order valence-electron chi connectivity index (χ1n) is 6.23. The fourth-order valence-corrected chi connectivity index (χ4v) is 1.97. The lowest BCUT2D eigenvalue weighted by molar-refractivity contribution is -0.132. The van der Waals surface area contributed by atoms with Crippen LogP contribution in [0.4, 0.5) is 0 Å². The molecule has 102 valence electrons. The van der Waals surface area contributed by atoms with Crippen molar-refractivity contribution in [3.05, 3.63) is 28.9 Å². The molecule has 1 fully saturated rings. The number of likely N-dealkylation sites (tertiary alicyclic amines) is 1. The lowest BCUT2D eigenvalue weighted by Crippen LogP contribution is -2.40. The van der Waals surface area contributed by atoms with Crippen LogP contribution in [-0.2, 0) is 16.1 Å². The predicted octanol–water partition coefficient (Wildman–Crippen LogP) is -1.02. The minimum Gasteiger partial charge on any atom is -0.345 e. The van der Waals surface area contributed by atoms with Crippen molar-refractivity contribution in [3.63, 3.8) is 0 Å². The summed E-state index contributed by atoms with van der Waals surface area (Å²) in [5.74, 6) is -0.452. The first-order chi connectivity index (χ1) is 9.16. The highest BCUT2D eigenvalue weighted by molar-refractivity contribution is 5.84. The topological polar surface area (TPSA) is 84.3 Å². The summed E-state index contributed by atoms with van der Waals surface area (Å²) in [5, 5.41) is 2.52. The fourth-order valence-electron chi connectivity index (χ4n) is 1.97. The van der Waals surface area contributed by atoms with Crippen molar-refractivity contribution < 1.29 is 9.59 Å². The van der Waals surface area contributed by atoms with E-state index in [1.54, 1.807) is 11.0 Å². The molecule has 19 heavy (non-hydrogen) atoms. The van der Waals surface area contributed by atoms with Crippen LogP contribution < -0.4 is 11.0 Å². The minimum absolute atomic E-state index is 0.0200. The van der Waals surface area contributed by atoms with Crippen LogP contribution in [0.1, 0.15) is 12.8 Å². The Morgan fingerprint density at radius 2 is 2.05 bits per heavy atom. The monoisotopic (exact) mass is 264 g/mol. The molecule has 7 heteroatoms. The molecule has 1 aromatic rings. The van der Waals surface area contributed by atoms with Gasteiger partial charge in [-0.3, -0.25) is 14.2 Å². The van der Waals surface area contributed by atoms with Gasteiger partial charge >= 0.3 is 5.69 Å². The third kappa shape index (κ3) is 3.64. The van der Waals surface area contributed by atoms with Gasteiger partial charge in [-0.05, 0) is 18.9 Å². The van der Waals surface area contributed by atoms with Crippen molar-refractivity contribution in [3.8, 4) is 0 Å². The highest BCUT2D eigenvalue weighted by Crippen LogP contribution is 2.06. The number of amides is 2. The standard InChI is InChI=1S/C12H16N4O3/c17-10(9-16-7-3-4-13-12(16)19)14-8-11(18)15-5-1-2-6-15/h3-4,7H,1-2,5-6,8-9H2,(H,14,17). The van der Waals surface area contributed by atoms with Gasteiger partial charge in [0.2, 0.25) is 11.8 Å². The second-order valence-electron chi connectivity index (χ2n) is 4.39. The van der Waals surface area contributed by atoms with Gasteiger partial charge in [-0.25, -0.2) is 9.78 Å². The zero-order valence-electron chi connectivity index (χ0n) is 10.5. The van der Waals surface area contributed by atoms with E-state index in [1.165, 1.54) is 17.0 Å². The van der Waals surface area contributed by atoms with Gasteiger partial charge in [-0.2, -0.15) is 0 Å². The van der Waals surface area contributed by atoms with Gasteiger partial charge in [0.15, 0.2) is 0 Å². The molecule has 0 saturated carbocycles. The average Bonchev–Trinajstić information content (AvgIpc) is 2.93. The maximum Gasteiger partial charge on any atom is 0.347 e. The second kappa shape index (κ2) is 6.12. The van der Waals surface area contributed by atoms with Crippen LogP contribution in [0.25, 0.3) is 0 Å². The summed E-state index contributed by atoms with van der Waals surface area (Å²) in [4.78, 5) is 39.9. The number of nitrogens with zero attached hydrogens (tertiary/aromatic N) is 3. The molecule has 2 rings (SSSR count). The van der Waals surface area contributed by atoms with E-state index >= 15 is 0 Å². The fraction of sp³-hybridized carbons (Fsp3) is 0.500. The molecular weight excluding hydrogens is 248 g/mol. The molecule has 1 saturated heterocycles. The highest BCUT2D eigenvalue weighted by atomic mass is 16.2. The molecule has 0 radical (unpaired) electrons. The zero-order valence-corrected chi connectivity index (χ0v) is 10.5. The SMILES string of the molecule is O=C(Cn1cccnc1=O)NCC(=O)N1CCCC1. The lowest BCUT2D eigenvalue weighted by atomic mass is 10.4. The molecule has 1 aliphatic rings. The number of aromatic nitrogens is 2. The normalized spacial score (nSPS) is 14.4. The van der Waals surface area contributed by atoms with Gasteiger partial charge in [-0.1, -0.05) is 0 Å². The summed E-state index contributed by atoms with van der Waals surface area (Å²) in [7, 11) is 0. The van der Waals surface area contributed by atoms with E-state index in [4.69, 9.17) is 0 Å². The summed E-state index contributed by atoms with van der Waals surface area (Å²) >= 11 is 0. The van der Waals surface area contributed by atoms with Crippen molar-refractivity contribution in [2.24, 2.45) is 0 Å². The molecule has 2 heterocycles. The Labute approximate surface area is 110 Å². The van der Waals surface area contributed by atoms with Gasteiger partial charge in [0, 0.05) is 25.5 Å². The van der Waals surface area contributed by atoms with Gasteiger partial charge in [0.25, 0.3) is 0 Å². The number of hydrogen-bond acceptors (Lipinski definition) is 4. The Morgan fingerprint density at radius 3 is 2.74 bits per heavy atom. The summed E-state index contributed by atoms with van der Waals surface area (Å²) in [5.41, 5.74) is -0.483. The molecule has 7 nitrogen and oxygen atoms in total. The largest absolute Gasteiger partial charge is 0.347 e. The molecule has 1 N–H and O–H groups in total. The molecule has 1 aromatic heterocycles. The summed E-state index contributed by atoms with van der Waals surface area (Å²) < 4.78 is 1.19. The number of nitrogens with one attached hydrogen (secondary N) is 1. The van der Waals surface area contributed by atoms with E-state index in [0.717, 1.165) is 25.9 Å².